The SMILES string of the molecule is CCc1ccccc1N(CC(=O)N(Cc1ccccc1C)C(Cc1ccccc1)C(=O)NC)S(=O)(=O)c1ccc(C)cc1. The molecule has 1 N–H and O–H groups in total. The number of anilines is 1. The molecule has 0 aliphatic rings. The fourth-order valence-corrected chi connectivity index (χ4v) is 6.55. The molecule has 0 aliphatic carbocycles. The second-order valence-electron chi connectivity index (χ2n) is 10.6. The molecule has 1 atom stereocenters. The number of nitrogens with one attached hydrogen (secondary N) is 1. The van der Waals surface area contributed by atoms with Gasteiger partial charge in [0.2, 0.25) is 11.8 Å². The van der Waals surface area contributed by atoms with E-state index in [1.54, 1.807) is 43.4 Å². The lowest BCUT2D eigenvalue weighted by Gasteiger charge is -2.34. The average Bonchev–Trinajstić information content (AvgIpc) is 3.02. The number of nitrogens with zero attached hydrogens (tertiary/aromatic N) is 2. The Bertz CT molecular complexity index is 1650. The van der Waals surface area contributed by atoms with E-state index in [1.807, 2.05) is 87.5 Å². The van der Waals surface area contributed by atoms with Crippen molar-refractivity contribution in [3.05, 3.63) is 131 Å². The highest BCUT2D eigenvalue weighted by Gasteiger charge is 2.35. The number of sulfonamides is 1. The van der Waals surface area contributed by atoms with Crippen molar-refractivity contribution in [3.8, 4) is 0 Å². The summed E-state index contributed by atoms with van der Waals surface area (Å²) >= 11 is 0. The highest BCUT2D eigenvalue weighted by molar-refractivity contribution is 7.92. The van der Waals surface area contributed by atoms with E-state index in [4.69, 9.17) is 0 Å². The molecule has 224 valence electrons. The molecule has 0 aliphatic heterocycles. The van der Waals surface area contributed by atoms with E-state index in [0.29, 0.717) is 12.1 Å². The summed E-state index contributed by atoms with van der Waals surface area (Å²) in [5.41, 5.74) is 4.89. The van der Waals surface area contributed by atoms with Crippen LogP contribution in [0.5, 0.6) is 0 Å². The molecule has 1 unspecified atom stereocenters. The maximum absolute atomic E-state index is 14.5. The maximum atomic E-state index is 14.5. The minimum Gasteiger partial charge on any atom is -0.357 e. The number of benzene rings is 4. The Labute approximate surface area is 255 Å². The Morgan fingerprint density at radius 3 is 2.02 bits per heavy atom. The van der Waals surface area contributed by atoms with E-state index >= 15 is 0 Å². The van der Waals surface area contributed by atoms with Crippen LogP contribution in [-0.2, 0) is 39.0 Å². The molecular formula is C35H39N3O4S. The number of rotatable bonds is 12. The van der Waals surface area contributed by atoms with Crippen LogP contribution in [-0.4, -0.2) is 44.8 Å². The first-order valence-corrected chi connectivity index (χ1v) is 15.9. The van der Waals surface area contributed by atoms with Gasteiger partial charge in [-0.05, 0) is 60.7 Å². The first-order valence-electron chi connectivity index (χ1n) is 14.4. The van der Waals surface area contributed by atoms with Crippen molar-refractivity contribution in [2.45, 2.75) is 51.1 Å². The van der Waals surface area contributed by atoms with Crippen molar-refractivity contribution < 1.29 is 18.0 Å². The third-order valence-corrected chi connectivity index (χ3v) is 9.42. The largest absolute Gasteiger partial charge is 0.357 e. The standard InChI is InChI=1S/C35H39N3O4S/c1-5-29-16-11-12-18-32(29)38(43(41,42)31-21-19-26(2)20-22-31)25-34(39)37(24-30-17-10-9-13-27(30)3)33(35(40)36-4)23-28-14-7-6-8-15-28/h6-22,33H,5,23-25H2,1-4H3,(H,36,40). The lowest BCUT2D eigenvalue weighted by atomic mass is 10.0. The van der Waals surface area contributed by atoms with Crippen LogP contribution in [0.25, 0.3) is 0 Å². The van der Waals surface area contributed by atoms with E-state index < -0.39 is 28.5 Å². The van der Waals surface area contributed by atoms with Crippen LogP contribution in [0.3, 0.4) is 0 Å². The molecule has 0 radical (unpaired) electrons. The van der Waals surface area contributed by atoms with Gasteiger partial charge >= 0.3 is 0 Å². The van der Waals surface area contributed by atoms with Crippen LogP contribution in [0.4, 0.5) is 5.69 Å². The monoisotopic (exact) mass is 597 g/mol. The number of para-hydroxylation sites is 1. The van der Waals surface area contributed by atoms with Crippen molar-refractivity contribution in [2.24, 2.45) is 0 Å². The Balaban J connectivity index is 1.82. The molecule has 4 aromatic carbocycles. The van der Waals surface area contributed by atoms with Crippen molar-refractivity contribution in [1.29, 1.82) is 0 Å². The molecule has 0 heterocycles. The van der Waals surface area contributed by atoms with Crippen LogP contribution in [0.2, 0.25) is 0 Å². The van der Waals surface area contributed by atoms with Crippen LogP contribution in [0.1, 0.15) is 34.7 Å². The van der Waals surface area contributed by atoms with Crippen molar-refractivity contribution in [1.82, 2.24) is 10.2 Å². The number of amides is 2. The van der Waals surface area contributed by atoms with Crippen LogP contribution < -0.4 is 9.62 Å². The number of likely N-dealkylation sites (N-methyl/N-ethyl adjacent to an activating group) is 1. The van der Waals surface area contributed by atoms with Gasteiger partial charge in [-0.25, -0.2) is 8.42 Å². The van der Waals surface area contributed by atoms with Gasteiger partial charge in [0.05, 0.1) is 10.6 Å². The van der Waals surface area contributed by atoms with E-state index in [1.165, 1.54) is 9.21 Å². The first-order chi connectivity index (χ1) is 20.6. The minimum absolute atomic E-state index is 0.0920. The molecule has 0 bridgehead atoms. The molecule has 2 amide bonds. The number of hydrogen-bond donors (Lipinski definition) is 1. The molecule has 0 spiro atoms. The Kier molecular flexibility index (Phi) is 10.4. The van der Waals surface area contributed by atoms with E-state index in [0.717, 1.165) is 27.8 Å². The summed E-state index contributed by atoms with van der Waals surface area (Å²) in [5.74, 6) is -0.804. The van der Waals surface area contributed by atoms with Gasteiger partial charge in [-0.3, -0.25) is 13.9 Å². The zero-order valence-electron chi connectivity index (χ0n) is 25.2. The number of aryl methyl sites for hydroxylation is 3. The summed E-state index contributed by atoms with van der Waals surface area (Å²) in [6, 6.07) is 30.1. The first kappa shape index (κ1) is 31.5. The predicted molar refractivity (Wildman–Crippen MR) is 171 cm³/mol. The second kappa shape index (κ2) is 14.2. The quantitative estimate of drug-likeness (QED) is 0.235. The average molecular weight is 598 g/mol. The number of carbonyl (C=O) groups is 2. The third kappa shape index (κ3) is 7.51. The molecule has 7 nitrogen and oxygen atoms in total. The van der Waals surface area contributed by atoms with Crippen LogP contribution in [0.15, 0.2) is 108 Å². The Morgan fingerprint density at radius 2 is 1.40 bits per heavy atom. The van der Waals surface area contributed by atoms with Gasteiger partial charge in [-0.2, -0.15) is 0 Å². The molecular weight excluding hydrogens is 558 g/mol. The van der Waals surface area contributed by atoms with Crippen molar-refractivity contribution in [2.75, 3.05) is 17.9 Å². The van der Waals surface area contributed by atoms with Gasteiger partial charge in [0.15, 0.2) is 0 Å². The molecule has 8 heteroatoms. The summed E-state index contributed by atoms with van der Waals surface area (Å²) in [7, 11) is -2.59. The Hall–Kier alpha value is -4.43. The summed E-state index contributed by atoms with van der Waals surface area (Å²) in [6.45, 7) is 5.46. The smallest absolute Gasteiger partial charge is 0.264 e. The minimum atomic E-state index is -4.14. The predicted octanol–water partition coefficient (Wildman–Crippen LogP) is 5.45. The summed E-state index contributed by atoms with van der Waals surface area (Å²) in [6.07, 6.45) is 0.848. The number of hydrogen-bond acceptors (Lipinski definition) is 4. The van der Waals surface area contributed by atoms with E-state index in [9.17, 15) is 18.0 Å². The third-order valence-electron chi connectivity index (χ3n) is 7.65. The van der Waals surface area contributed by atoms with Crippen molar-refractivity contribution >= 4 is 27.5 Å². The van der Waals surface area contributed by atoms with Gasteiger partial charge in [0.1, 0.15) is 12.6 Å². The van der Waals surface area contributed by atoms with Gasteiger partial charge in [-0.15, -0.1) is 0 Å². The van der Waals surface area contributed by atoms with Crippen LogP contribution >= 0.6 is 0 Å². The molecule has 4 aromatic rings. The summed E-state index contributed by atoms with van der Waals surface area (Å²) < 4.78 is 29.6. The van der Waals surface area contributed by atoms with Crippen LogP contribution in [0, 0.1) is 13.8 Å². The molecule has 0 fully saturated rings. The highest BCUT2D eigenvalue weighted by Crippen LogP contribution is 2.29. The lowest BCUT2D eigenvalue weighted by Crippen LogP contribution is -2.53. The second-order valence-corrected chi connectivity index (χ2v) is 12.4. The Morgan fingerprint density at radius 1 is 0.791 bits per heavy atom. The molecule has 0 aromatic heterocycles. The van der Waals surface area contributed by atoms with E-state index in [-0.39, 0.29) is 23.8 Å². The summed E-state index contributed by atoms with van der Waals surface area (Å²) in [4.78, 5) is 29.5. The molecule has 0 saturated carbocycles. The van der Waals surface area contributed by atoms with E-state index in [2.05, 4.69) is 5.32 Å². The fourth-order valence-electron chi connectivity index (χ4n) is 5.10. The van der Waals surface area contributed by atoms with Gasteiger partial charge in [0, 0.05) is 20.0 Å². The zero-order chi connectivity index (χ0) is 31.0. The maximum Gasteiger partial charge on any atom is 0.264 e. The van der Waals surface area contributed by atoms with Gasteiger partial charge < -0.3 is 10.2 Å². The zero-order valence-corrected chi connectivity index (χ0v) is 26.0. The van der Waals surface area contributed by atoms with Crippen molar-refractivity contribution in [3.63, 3.8) is 0 Å². The fraction of sp³-hybridized carbons (Fsp3) is 0.257. The molecule has 0 saturated heterocycles. The van der Waals surface area contributed by atoms with Gasteiger partial charge in [-0.1, -0.05) is 97.4 Å². The molecule has 43 heavy (non-hydrogen) atoms. The number of carbonyl (C=O) groups excluding carboxylic acids is 2. The summed E-state index contributed by atoms with van der Waals surface area (Å²) in [5, 5.41) is 2.72. The molecule has 4 rings (SSSR count). The topological polar surface area (TPSA) is 86.8 Å². The highest BCUT2D eigenvalue weighted by atomic mass is 32.2. The lowest BCUT2D eigenvalue weighted by molar-refractivity contribution is -0.139. The normalized spacial score (nSPS) is 11.9. The van der Waals surface area contributed by atoms with Gasteiger partial charge in [0.25, 0.3) is 10.0 Å².